The highest BCUT2D eigenvalue weighted by molar-refractivity contribution is 5.97. The molecule has 0 spiro atoms. The molecular formula is C62H78N13O21. The third-order valence-electron chi connectivity index (χ3n) is 17.1. The lowest BCUT2D eigenvalue weighted by atomic mass is 9.94. The average molecular weight is 1340 g/mol. The van der Waals surface area contributed by atoms with E-state index in [9.17, 15) is 85.6 Å². The van der Waals surface area contributed by atoms with Gasteiger partial charge in [-0.2, -0.15) is 0 Å². The number of nitrogens with zero attached hydrogens (tertiary/aromatic N) is 3. The van der Waals surface area contributed by atoms with Gasteiger partial charge in [0.15, 0.2) is 23.7 Å². The van der Waals surface area contributed by atoms with Crippen LogP contribution in [0.2, 0.25) is 0 Å². The molecule has 5 aromatic rings. The maximum absolute atomic E-state index is 15.1. The highest BCUT2D eigenvalue weighted by atomic mass is 16.7. The molecule has 96 heavy (non-hydrogen) atoms. The number of carbonyl (C=O) groups excluding carboxylic acids is 6. The molecule has 5 heterocycles. The number of para-hydroxylation sites is 1. The Morgan fingerprint density at radius 2 is 1.36 bits per heavy atom. The van der Waals surface area contributed by atoms with E-state index in [2.05, 4.69) is 42.2 Å². The van der Waals surface area contributed by atoms with Gasteiger partial charge in [-0.05, 0) is 47.4 Å². The van der Waals surface area contributed by atoms with Crippen LogP contribution in [0.1, 0.15) is 29.5 Å². The third kappa shape index (κ3) is 16.2. The van der Waals surface area contributed by atoms with Gasteiger partial charge in [-0.15, -0.1) is 0 Å². The van der Waals surface area contributed by atoms with Crippen LogP contribution in [0.15, 0.2) is 108 Å². The summed E-state index contributed by atoms with van der Waals surface area (Å²) in [6, 6.07) is 15.9. The number of guanidine groups is 2. The number of rotatable bonds is 28. The zero-order chi connectivity index (χ0) is 69.2. The van der Waals surface area contributed by atoms with Crippen molar-refractivity contribution in [2.45, 2.75) is 142 Å². The summed E-state index contributed by atoms with van der Waals surface area (Å²) in [6.07, 6.45) is -20.2. The van der Waals surface area contributed by atoms with Crippen LogP contribution in [-0.2, 0) is 51.2 Å². The summed E-state index contributed by atoms with van der Waals surface area (Å²) in [4.78, 5) is 90.3. The molecule has 34 nitrogen and oxygen atoms in total. The Morgan fingerprint density at radius 1 is 0.740 bits per heavy atom. The van der Waals surface area contributed by atoms with Crippen LogP contribution in [0.25, 0.3) is 22.6 Å². The van der Waals surface area contributed by atoms with E-state index in [4.69, 9.17) is 29.8 Å². The van der Waals surface area contributed by atoms with Gasteiger partial charge < -0.3 is 128 Å². The van der Waals surface area contributed by atoms with Crippen LogP contribution in [-0.4, -0.2) is 274 Å². The molecular weight excluding hydrogens is 1260 g/mol. The second-order valence-corrected chi connectivity index (χ2v) is 23.6. The Morgan fingerprint density at radius 3 is 2.02 bits per heavy atom. The SMILES string of the molecule is CC(c1ccccc1)C([C]=O)NC(=O)CNC(=O)C(CO)NC(=O)C(NC(=O)C(NC(=O)C(N)Cc1ccc2oc(-c3ccccc3OC3OC(CO)C(O)C(O)C3O)nc2c1)C(O)C1CNC(=N)N1)C(O)C1CN(Cc2ccccc2)C(=N)N1C1OC(CO)C(O)C(O)C1O. The maximum Gasteiger partial charge on any atom is 0.246 e. The number of fused-ring (bicyclic) bond motifs is 1. The van der Waals surface area contributed by atoms with E-state index >= 15 is 4.79 Å². The summed E-state index contributed by atoms with van der Waals surface area (Å²) in [5.74, 6) is -7.37. The minimum atomic E-state index is -2.38. The van der Waals surface area contributed by atoms with E-state index in [0.29, 0.717) is 16.7 Å². The van der Waals surface area contributed by atoms with Gasteiger partial charge in [0, 0.05) is 25.6 Å². The number of nitrogens with two attached hydrogens (primary N) is 1. The topological polar surface area (TPSA) is 543 Å². The van der Waals surface area contributed by atoms with Crippen LogP contribution in [0.5, 0.6) is 5.75 Å². The lowest BCUT2D eigenvalue weighted by Crippen LogP contribution is -2.69. The van der Waals surface area contributed by atoms with Crippen molar-refractivity contribution in [3.63, 3.8) is 0 Å². The molecule has 4 saturated heterocycles. The van der Waals surface area contributed by atoms with E-state index in [1.807, 2.05) is 0 Å². The molecule has 4 fully saturated rings. The molecule has 517 valence electrons. The third-order valence-corrected chi connectivity index (χ3v) is 17.1. The van der Waals surface area contributed by atoms with Gasteiger partial charge in [-0.1, -0.05) is 85.8 Å². The number of nitrogens with one attached hydrogen (secondary N) is 9. The van der Waals surface area contributed by atoms with Crippen molar-refractivity contribution in [1.82, 2.24) is 52.0 Å². The number of aliphatic hydroxyl groups excluding tert-OH is 11. The van der Waals surface area contributed by atoms with Crippen LogP contribution in [0, 0.1) is 10.8 Å². The first-order valence-corrected chi connectivity index (χ1v) is 30.6. The molecule has 0 aliphatic carbocycles. The summed E-state index contributed by atoms with van der Waals surface area (Å²) in [5.41, 5.74) is 8.91. The van der Waals surface area contributed by atoms with Crippen LogP contribution in [0.3, 0.4) is 0 Å². The monoisotopic (exact) mass is 1340 g/mol. The number of aliphatic hydroxyl groups is 11. The molecule has 1 radical (unpaired) electrons. The Labute approximate surface area is 547 Å². The molecule has 20 atom stereocenters. The summed E-state index contributed by atoms with van der Waals surface area (Å²) in [7, 11) is 0. The largest absolute Gasteiger partial charge is 0.461 e. The summed E-state index contributed by atoms with van der Waals surface area (Å²) in [6.45, 7) is -2.70. The predicted octanol–water partition coefficient (Wildman–Crippen LogP) is -7.36. The Balaban J connectivity index is 0.981. The first-order valence-electron chi connectivity index (χ1n) is 30.6. The van der Waals surface area contributed by atoms with Crippen molar-refractivity contribution in [3.05, 3.63) is 120 Å². The molecule has 4 aromatic carbocycles. The van der Waals surface area contributed by atoms with Crippen LogP contribution >= 0.6 is 0 Å². The van der Waals surface area contributed by atoms with E-state index in [1.54, 1.807) is 98.1 Å². The number of hydrogen-bond donors (Lipinski definition) is 21. The van der Waals surface area contributed by atoms with E-state index < -0.39 is 190 Å². The van der Waals surface area contributed by atoms with E-state index in [1.165, 1.54) is 23.1 Å². The zero-order valence-corrected chi connectivity index (χ0v) is 51.4. The lowest BCUT2D eigenvalue weighted by molar-refractivity contribution is -0.277. The molecule has 5 amide bonds. The molecule has 34 heteroatoms. The molecule has 20 unspecified atom stereocenters. The number of ether oxygens (including phenoxy) is 3. The second kappa shape index (κ2) is 31.8. The van der Waals surface area contributed by atoms with E-state index in [-0.39, 0.29) is 53.8 Å². The van der Waals surface area contributed by atoms with Crippen molar-refractivity contribution < 1.29 is 104 Å². The molecule has 1 aromatic heterocycles. The van der Waals surface area contributed by atoms with Crippen molar-refractivity contribution in [3.8, 4) is 17.2 Å². The normalized spacial score (nSPS) is 26.8. The quantitative estimate of drug-likeness (QED) is 0.0221. The lowest BCUT2D eigenvalue weighted by Gasteiger charge is -2.46. The fourth-order valence-corrected chi connectivity index (χ4v) is 11.6. The van der Waals surface area contributed by atoms with Crippen molar-refractivity contribution in [1.29, 1.82) is 10.8 Å². The predicted molar refractivity (Wildman–Crippen MR) is 333 cm³/mol. The highest BCUT2D eigenvalue weighted by Crippen LogP contribution is 2.36. The molecule has 0 saturated carbocycles. The number of hydrogen-bond acceptors (Lipinski definition) is 25. The van der Waals surface area contributed by atoms with Gasteiger partial charge in [-0.25, -0.2) is 4.98 Å². The number of aromatic nitrogens is 1. The van der Waals surface area contributed by atoms with Crippen molar-refractivity contribution in [2.24, 2.45) is 5.73 Å². The zero-order valence-electron chi connectivity index (χ0n) is 51.4. The summed E-state index contributed by atoms with van der Waals surface area (Å²) in [5, 5.41) is 154. The van der Waals surface area contributed by atoms with Gasteiger partial charge in [0.2, 0.25) is 48.0 Å². The smallest absolute Gasteiger partial charge is 0.246 e. The maximum atomic E-state index is 15.1. The molecule has 22 N–H and O–H groups in total. The van der Waals surface area contributed by atoms with Gasteiger partial charge >= 0.3 is 0 Å². The first kappa shape index (κ1) is 71.4. The van der Waals surface area contributed by atoms with Gasteiger partial charge in [-0.3, -0.25) is 39.6 Å². The first-order chi connectivity index (χ1) is 45.9. The summed E-state index contributed by atoms with van der Waals surface area (Å²) < 4.78 is 23.4. The van der Waals surface area contributed by atoms with Gasteiger partial charge in [0.25, 0.3) is 0 Å². The van der Waals surface area contributed by atoms with E-state index in [0.717, 1.165) is 4.90 Å². The Kier molecular flexibility index (Phi) is 23.7. The second-order valence-electron chi connectivity index (χ2n) is 23.6. The van der Waals surface area contributed by atoms with Gasteiger partial charge in [0.1, 0.15) is 96.5 Å². The van der Waals surface area contributed by atoms with Crippen LogP contribution < -0.4 is 47.7 Å². The minimum absolute atomic E-state index is 0.00184. The molecule has 4 aliphatic heterocycles. The molecule has 4 aliphatic rings. The highest BCUT2D eigenvalue weighted by Gasteiger charge is 2.54. The number of oxazole rings is 1. The molecule has 9 rings (SSSR count). The fraction of sp³-hybridized carbons (Fsp3) is 0.468. The van der Waals surface area contributed by atoms with Crippen LogP contribution in [0.4, 0.5) is 0 Å². The Hall–Kier alpha value is -8.85. The van der Waals surface area contributed by atoms with Crippen molar-refractivity contribution in [2.75, 3.05) is 39.5 Å². The number of benzene rings is 4. The average Bonchev–Trinajstić information content (AvgIpc) is 1.56. The summed E-state index contributed by atoms with van der Waals surface area (Å²) >= 11 is 0. The van der Waals surface area contributed by atoms with Gasteiger partial charge in [0.05, 0.1) is 50.1 Å². The fourth-order valence-electron chi connectivity index (χ4n) is 11.6. The minimum Gasteiger partial charge on any atom is -0.461 e. The Bertz CT molecular complexity index is 3540. The standard InChI is InChI=1S/C62H78N13O21/c1-28(31-12-6-3-7-13-31)36(24-76)68-43(80)21-66-55(90)37(25-77)69-56(91)45(47(82)38-23-74(22-29-10-4-2-5-11-29)62(65)75(38)59-52(87)50(85)48(83)41(26-78)94-59)73-57(92)44(46(81)35-20-67-61(64)71-35)72-54(89)33(63)18-30-16-17-40-34(19-30)70-58(93-40)32-14-8-9-15-39(32)95-60-53(88)51(86)49(84)42(27-79)96-60/h2-17,19,28,33,35-38,41-42,44-53,59-60,65,77-79,81-88H,18,20-23,25-27,63H2,1H3,(H,66,90)(H,68,80)(H,69,91)(H,72,89)(H,73,92)(H3,64,67,71). The van der Waals surface area contributed by atoms with Crippen molar-refractivity contribution >= 4 is 58.8 Å². The molecule has 0 bridgehead atoms. The number of carbonyl (C=O) groups is 5. The number of amides is 5.